The molecule has 0 aliphatic heterocycles. The van der Waals surface area contributed by atoms with Crippen LogP contribution in [0, 0.1) is 13.8 Å². The third kappa shape index (κ3) is 5.78. The number of phenolic OH excluding ortho intramolecular Hbond substituents is 1. The van der Waals surface area contributed by atoms with Gasteiger partial charge in [-0.1, -0.05) is 19.1 Å². The number of phenols is 1. The lowest BCUT2D eigenvalue weighted by Crippen LogP contribution is -2.32. The molecule has 0 radical (unpaired) electrons. The second-order valence-corrected chi connectivity index (χ2v) is 10.4. The predicted molar refractivity (Wildman–Crippen MR) is 112 cm³/mol. The molecule has 0 saturated carbocycles. The molecule has 1 aromatic heterocycles. The first-order valence-electron chi connectivity index (χ1n) is 9.17. The van der Waals surface area contributed by atoms with Gasteiger partial charge in [-0.3, -0.25) is 4.90 Å². The van der Waals surface area contributed by atoms with Crippen molar-refractivity contribution in [3.05, 3.63) is 45.8 Å². The average Bonchev–Trinajstić information content (AvgIpc) is 2.98. The van der Waals surface area contributed by atoms with Crippen LogP contribution in [0.3, 0.4) is 0 Å². The van der Waals surface area contributed by atoms with Crippen LogP contribution in [0.4, 0.5) is 0 Å². The van der Waals surface area contributed by atoms with E-state index in [1.165, 1.54) is 16.9 Å². The molecule has 2 rings (SSSR count). The predicted octanol–water partition coefficient (Wildman–Crippen LogP) is 3.99. The quantitative estimate of drug-likeness (QED) is 0.613. The fourth-order valence-electron chi connectivity index (χ4n) is 3.05. The Hall–Kier alpha value is -1.41. The zero-order chi connectivity index (χ0) is 20.2. The SMILES string of the molecule is CCC(CCc1cc(C)c(S(=O)(=O)NCN(C)C)s1)c1ccc(O)c(C)c1. The van der Waals surface area contributed by atoms with Gasteiger partial charge in [0, 0.05) is 4.88 Å². The van der Waals surface area contributed by atoms with Crippen molar-refractivity contribution in [3.8, 4) is 5.75 Å². The molecular weight excluding hydrogens is 380 g/mol. The van der Waals surface area contributed by atoms with E-state index in [2.05, 4.69) is 11.6 Å². The third-order valence-corrected chi connectivity index (χ3v) is 7.98. The Morgan fingerprint density at radius 1 is 1.19 bits per heavy atom. The van der Waals surface area contributed by atoms with Crippen molar-refractivity contribution in [1.82, 2.24) is 9.62 Å². The maximum Gasteiger partial charge on any atom is 0.251 e. The molecule has 2 N–H and O–H groups in total. The maximum atomic E-state index is 12.5. The Bertz CT molecular complexity index is 873. The van der Waals surface area contributed by atoms with E-state index in [1.54, 1.807) is 11.0 Å². The summed E-state index contributed by atoms with van der Waals surface area (Å²) in [5.74, 6) is 0.709. The van der Waals surface area contributed by atoms with E-state index in [4.69, 9.17) is 0 Å². The maximum absolute atomic E-state index is 12.5. The van der Waals surface area contributed by atoms with E-state index in [9.17, 15) is 13.5 Å². The van der Waals surface area contributed by atoms with Gasteiger partial charge in [-0.25, -0.2) is 8.42 Å². The van der Waals surface area contributed by atoms with Crippen LogP contribution in [0.5, 0.6) is 5.75 Å². The molecule has 1 aromatic carbocycles. The number of aryl methyl sites for hydroxylation is 3. The minimum absolute atomic E-state index is 0.285. The summed E-state index contributed by atoms with van der Waals surface area (Å²) in [5, 5.41) is 9.73. The Kier molecular flexibility index (Phi) is 7.45. The van der Waals surface area contributed by atoms with Crippen molar-refractivity contribution in [2.75, 3.05) is 20.8 Å². The highest BCUT2D eigenvalue weighted by molar-refractivity contribution is 7.91. The molecule has 5 nitrogen and oxygen atoms in total. The van der Waals surface area contributed by atoms with Crippen LogP contribution in [0.2, 0.25) is 0 Å². The van der Waals surface area contributed by atoms with Gasteiger partial charge in [-0.05, 0) is 81.9 Å². The van der Waals surface area contributed by atoms with Crippen LogP contribution in [-0.4, -0.2) is 39.2 Å². The summed E-state index contributed by atoms with van der Waals surface area (Å²) in [6.45, 7) is 6.21. The van der Waals surface area contributed by atoms with Crippen molar-refractivity contribution in [3.63, 3.8) is 0 Å². The molecular formula is C20H30N2O3S2. The number of rotatable bonds is 9. The number of hydrogen-bond acceptors (Lipinski definition) is 5. The van der Waals surface area contributed by atoms with Crippen molar-refractivity contribution < 1.29 is 13.5 Å². The first-order chi connectivity index (χ1) is 12.6. The van der Waals surface area contributed by atoms with E-state index >= 15 is 0 Å². The topological polar surface area (TPSA) is 69.6 Å². The molecule has 0 amide bonds. The minimum atomic E-state index is -3.47. The van der Waals surface area contributed by atoms with E-state index in [0.29, 0.717) is 15.9 Å². The highest BCUT2D eigenvalue weighted by atomic mass is 32.2. The Balaban J connectivity index is 2.10. The molecule has 1 atom stereocenters. The summed E-state index contributed by atoms with van der Waals surface area (Å²) in [5.41, 5.74) is 2.91. The normalized spacial score (nSPS) is 13.3. The summed E-state index contributed by atoms with van der Waals surface area (Å²) in [6, 6.07) is 7.77. The van der Waals surface area contributed by atoms with Gasteiger partial charge in [0.15, 0.2) is 0 Å². The van der Waals surface area contributed by atoms with Gasteiger partial charge >= 0.3 is 0 Å². The van der Waals surface area contributed by atoms with Crippen molar-refractivity contribution in [2.24, 2.45) is 0 Å². The van der Waals surface area contributed by atoms with Crippen LogP contribution in [0.1, 0.15) is 47.3 Å². The Morgan fingerprint density at radius 2 is 1.89 bits per heavy atom. The first-order valence-corrected chi connectivity index (χ1v) is 11.5. The van der Waals surface area contributed by atoms with Gasteiger partial charge in [-0.2, -0.15) is 4.72 Å². The third-order valence-electron chi connectivity index (χ3n) is 4.66. The van der Waals surface area contributed by atoms with E-state index < -0.39 is 10.0 Å². The summed E-state index contributed by atoms with van der Waals surface area (Å²) in [7, 11) is 0.176. The number of nitrogens with one attached hydrogen (secondary N) is 1. The minimum Gasteiger partial charge on any atom is -0.508 e. The van der Waals surface area contributed by atoms with Gasteiger partial charge in [0.05, 0.1) is 6.67 Å². The fourth-order valence-corrected chi connectivity index (χ4v) is 5.95. The summed E-state index contributed by atoms with van der Waals surface area (Å²) in [4.78, 5) is 2.87. The zero-order valence-corrected chi connectivity index (χ0v) is 18.4. The van der Waals surface area contributed by atoms with E-state index in [1.807, 2.05) is 46.1 Å². The highest BCUT2D eigenvalue weighted by Crippen LogP contribution is 2.32. The second-order valence-electron chi connectivity index (χ2n) is 7.26. The molecule has 0 fully saturated rings. The molecule has 150 valence electrons. The highest BCUT2D eigenvalue weighted by Gasteiger charge is 2.21. The van der Waals surface area contributed by atoms with E-state index in [-0.39, 0.29) is 6.67 Å². The zero-order valence-electron chi connectivity index (χ0n) is 16.7. The number of benzene rings is 1. The van der Waals surface area contributed by atoms with Gasteiger partial charge in [0.1, 0.15) is 9.96 Å². The van der Waals surface area contributed by atoms with Crippen LogP contribution in [0.15, 0.2) is 28.5 Å². The van der Waals surface area contributed by atoms with Crippen LogP contribution in [-0.2, 0) is 16.4 Å². The van der Waals surface area contributed by atoms with Crippen LogP contribution in [0.25, 0.3) is 0 Å². The molecule has 0 saturated heterocycles. The van der Waals surface area contributed by atoms with Gasteiger partial charge in [0.2, 0.25) is 0 Å². The van der Waals surface area contributed by atoms with E-state index in [0.717, 1.165) is 35.3 Å². The first kappa shape index (κ1) is 21.9. The van der Waals surface area contributed by atoms with Crippen molar-refractivity contribution in [1.29, 1.82) is 0 Å². The summed E-state index contributed by atoms with van der Waals surface area (Å²) >= 11 is 1.36. The lowest BCUT2D eigenvalue weighted by Gasteiger charge is -2.16. The molecule has 27 heavy (non-hydrogen) atoms. The molecule has 0 bridgehead atoms. The van der Waals surface area contributed by atoms with Crippen molar-refractivity contribution >= 4 is 21.4 Å². The molecule has 0 aliphatic carbocycles. The monoisotopic (exact) mass is 410 g/mol. The second kappa shape index (κ2) is 9.19. The number of aromatic hydroxyl groups is 1. The lowest BCUT2D eigenvalue weighted by atomic mass is 9.90. The summed E-state index contributed by atoms with van der Waals surface area (Å²) in [6.07, 6.45) is 2.79. The molecule has 2 aromatic rings. The Labute approximate surface area is 167 Å². The van der Waals surface area contributed by atoms with Crippen LogP contribution < -0.4 is 4.72 Å². The smallest absolute Gasteiger partial charge is 0.251 e. The van der Waals surface area contributed by atoms with Gasteiger partial charge in [0.25, 0.3) is 10.0 Å². The molecule has 0 spiro atoms. The number of sulfonamides is 1. The number of thiophene rings is 1. The molecule has 7 heteroatoms. The molecule has 1 unspecified atom stereocenters. The molecule has 1 heterocycles. The van der Waals surface area contributed by atoms with Crippen LogP contribution >= 0.6 is 11.3 Å². The average molecular weight is 411 g/mol. The number of nitrogens with zero attached hydrogens (tertiary/aromatic N) is 1. The molecule has 0 aliphatic rings. The fraction of sp³-hybridized carbons (Fsp3) is 0.500. The lowest BCUT2D eigenvalue weighted by molar-refractivity contribution is 0.400. The largest absolute Gasteiger partial charge is 0.508 e. The van der Waals surface area contributed by atoms with Crippen molar-refractivity contribution in [2.45, 2.75) is 50.2 Å². The van der Waals surface area contributed by atoms with Gasteiger partial charge in [-0.15, -0.1) is 11.3 Å². The summed E-state index contributed by atoms with van der Waals surface area (Å²) < 4.78 is 28.0. The Morgan fingerprint density at radius 3 is 2.48 bits per heavy atom. The standard InChI is InChI=1S/C20H30N2O3S2/c1-6-16(17-8-10-19(23)14(2)11-17)7-9-18-12-15(3)20(26-18)27(24,25)21-13-22(4)5/h8,10-12,16,21,23H,6-7,9,13H2,1-5H3. The number of hydrogen-bond donors (Lipinski definition) is 2. The van der Waals surface area contributed by atoms with Gasteiger partial charge < -0.3 is 5.11 Å².